The third kappa shape index (κ3) is 3.70. The van der Waals surface area contributed by atoms with Crippen molar-refractivity contribution in [2.24, 2.45) is 0 Å². The van der Waals surface area contributed by atoms with E-state index in [1.165, 1.54) is 18.4 Å². The van der Waals surface area contributed by atoms with E-state index in [9.17, 15) is 14.4 Å². The van der Waals surface area contributed by atoms with Gasteiger partial charge in [0, 0.05) is 19.2 Å². The maximum Gasteiger partial charge on any atom is 0.274 e. The highest BCUT2D eigenvalue weighted by molar-refractivity contribution is 5.92. The Hall–Kier alpha value is -2.90. The Morgan fingerprint density at radius 1 is 1.21 bits per heavy atom. The van der Waals surface area contributed by atoms with Crippen LogP contribution < -0.4 is 10.9 Å². The summed E-state index contributed by atoms with van der Waals surface area (Å²) in [5.41, 5.74) is -0.253. The number of hydrogen-bond donors (Lipinski definition) is 1. The van der Waals surface area contributed by atoms with Gasteiger partial charge < -0.3 is 14.6 Å². The summed E-state index contributed by atoms with van der Waals surface area (Å²) >= 11 is 0. The maximum atomic E-state index is 12.3. The van der Waals surface area contributed by atoms with Crippen molar-refractivity contribution in [1.29, 1.82) is 0 Å². The van der Waals surface area contributed by atoms with Gasteiger partial charge >= 0.3 is 0 Å². The van der Waals surface area contributed by atoms with E-state index in [-0.39, 0.29) is 30.6 Å². The third-order valence-corrected chi connectivity index (χ3v) is 3.81. The van der Waals surface area contributed by atoms with Gasteiger partial charge in [0.1, 0.15) is 18.0 Å². The van der Waals surface area contributed by atoms with E-state index in [0.717, 1.165) is 17.5 Å². The van der Waals surface area contributed by atoms with E-state index in [4.69, 9.17) is 4.42 Å². The average molecular weight is 330 g/mol. The SMILES string of the molecule is O=C(Cn1nc(C(=O)N2CCCC2)ccc1=O)NCc1ccco1. The summed E-state index contributed by atoms with van der Waals surface area (Å²) < 4.78 is 6.12. The second-order valence-corrected chi connectivity index (χ2v) is 5.57. The van der Waals surface area contributed by atoms with E-state index in [1.54, 1.807) is 17.0 Å². The molecule has 1 aliphatic rings. The number of amides is 2. The number of aromatic nitrogens is 2. The molecule has 0 bridgehead atoms. The van der Waals surface area contributed by atoms with Crippen LogP contribution in [0.15, 0.2) is 39.7 Å². The molecule has 0 unspecified atom stereocenters. The number of nitrogens with zero attached hydrogens (tertiary/aromatic N) is 3. The molecule has 1 fully saturated rings. The van der Waals surface area contributed by atoms with E-state index in [0.29, 0.717) is 18.8 Å². The highest BCUT2D eigenvalue weighted by Gasteiger charge is 2.21. The van der Waals surface area contributed by atoms with Gasteiger partial charge in [0.25, 0.3) is 11.5 Å². The smallest absolute Gasteiger partial charge is 0.274 e. The number of hydrogen-bond acceptors (Lipinski definition) is 5. The molecule has 2 aromatic rings. The van der Waals surface area contributed by atoms with Crippen LogP contribution in [0.25, 0.3) is 0 Å². The molecule has 1 aliphatic heterocycles. The van der Waals surface area contributed by atoms with Crippen molar-refractivity contribution in [2.45, 2.75) is 25.9 Å². The summed E-state index contributed by atoms with van der Waals surface area (Å²) in [5.74, 6) is 0.0191. The quantitative estimate of drug-likeness (QED) is 0.855. The van der Waals surface area contributed by atoms with Gasteiger partial charge in [-0.2, -0.15) is 5.10 Å². The molecular formula is C16H18N4O4. The summed E-state index contributed by atoms with van der Waals surface area (Å²) in [4.78, 5) is 37.8. The fraction of sp³-hybridized carbons (Fsp3) is 0.375. The highest BCUT2D eigenvalue weighted by atomic mass is 16.3. The Morgan fingerprint density at radius 3 is 2.71 bits per heavy atom. The van der Waals surface area contributed by atoms with Crippen molar-refractivity contribution < 1.29 is 14.0 Å². The number of carbonyl (C=O) groups is 2. The highest BCUT2D eigenvalue weighted by Crippen LogP contribution is 2.10. The van der Waals surface area contributed by atoms with Crippen LogP contribution in [0.2, 0.25) is 0 Å². The lowest BCUT2D eigenvalue weighted by Crippen LogP contribution is -2.35. The molecule has 3 heterocycles. The standard InChI is InChI=1S/C16H18N4O4/c21-14(17-10-12-4-3-9-24-12)11-20-15(22)6-5-13(18-20)16(23)19-7-1-2-8-19/h3-6,9H,1-2,7-8,10-11H2,(H,17,21). The predicted octanol–water partition coefficient (Wildman–Crippen LogP) is 0.389. The Labute approximate surface area is 138 Å². The van der Waals surface area contributed by atoms with Crippen LogP contribution in [-0.2, 0) is 17.9 Å². The minimum absolute atomic E-state index is 0.176. The molecule has 0 atom stereocenters. The Kier molecular flexibility index (Phi) is 4.74. The topological polar surface area (TPSA) is 97.4 Å². The second-order valence-electron chi connectivity index (χ2n) is 5.57. The summed E-state index contributed by atoms with van der Waals surface area (Å²) in [6, 6.07) is 6.12. The van der Waals surface area contributed by atoms with Crippen molar-refractivity contribution >= 4 is 11.8 Å². The maximum absolute atomic E-state index is 12.3. The average Bonchev–Trinajstić information content (AvgIpc) is 3.28. The summed E-state index contributed by atoms with van der Waals surface area (Å²) in [7, 11) is 0. The van der Waals surface area contributed by atoms with Crippen LogP contribution >= 0.6 is 0 Å². The number of nitrogens with one attached hydrogen (secondary N) is 1. The number of furan rings is 1. The van der Waals surface area contributed by atoms with Gasteiger partial charge in [-0.25, -0.2) is 4.68 Å². The van der Waals surface area contributed by atoms with Gasteiger partial charge in [-0.1, -0.05) is 0 Å². The zero-order valence-electron chi connectivity index (χ0n) is 13.1. The third-order valence-electron chi connectivity index (χ3n) is 3.81. The molecule has 0 spiro atoms. The van der Waals surface area contributed by atoms with Crippen LogP contribution in [0.5, 0.6) is 0 Å². The zero-order valence-corrected chi connectivity index (χ0v) is 13.1. The lowest BCUT2D eigenvalue weighted by Gasteiger charge is -2.15. The summed E-state index contributed by atoms with van der Waals surface area (Å²) in [6.45, 7) is 1.38. The zero-order chi connectivity index (χ0) is 16.9. The molecular weight excluding hydrogens is 312 g/mol. The van der Waals surface area contributed by atoms with Gasteiger partial charge in [0.05, 0.1) is 12.8 Å². The molecule has 0 radical (unpaired) electrons. The Balaban J connectivity index is 1.66. The van der Waals surface area contributed by atoms with Crippen LogP contribution in [0.1, 0.15) is 29.1 Å². The lowest BCUT2D eigenvalue weighted by molar-refractivity contribution is -0.122. The van der Waals surface area contributed by atoms with E-state index in [2.05, 4.69) is 10.4 Å². The van der Waals surface area contributed by atoms with Crippen molar-refractivity contribution in [3.8, 4) is 0 Å². The molecule has 8 heteroatoms. The van der Waals surface area contributed by atoms with Crippen molar-refractivity contribution in [1.82, 2.24) is 20.0 Å². The van der Waals surface area contributed by atoms with Crippen molar-refractivity contribution in [3.63, 3.8) is 0 Å². The first-order chi connectivity index (χ1) is 11.6. The van der Waals surface area contributed by atoms with E-state index in [1.807, 2.05) is 0 Å². The minimum atomic E-state index is -0.430. The van der Waals surface area contributed by atoms with Gasteiger partial charge in [0.15, 0.2) is 0 Å². The number of likely N-dealkylation sites (tertiary alicyclic amines) is 1. The first kappa shape index (κ1) is 16.0. The molecule has 0 saturated carbocycles. The molecule has 3 rings (SSSR count). The van der Waals surface area contributed by atoms with Crippen LogP contribution in [0, 0.1) is 0 Å². The molecule has 8 nitrogen and oxygen atoms in total. The van der Waals surface area contributed by atoms with Gasteiger partial charge in [-0.3, -0.25) is 14.4 Å². The van der Waals surface area contributed by atoms with Gasteiger partial charge in [-0.05, 0) is 31.0 Å². The van der Waals surface area contributed by atoms with E-state index < -0.39 is 5.56 Å². The second kappa shape index (κ2) is 7.12. The first-order valence-corrected chi connectivity index (χ1v) is 7.80. The van der Waals surface area contributed by atoms with Crippen LogP contribution in [0.4, 0.5) is 0 Å². The molecule has 2 aromatic heterocycles. The molecule has 126 valence electrons. The molecule has 2 amide bonds. The van der Waals surface area contributed by atoms with Crippen molar-refractivity contribution in [2.75, 3.05) is 13.1 Å². The summed E-state index contributed by atoms with van der Waals surface area (Å²) in [5, 5.41) is 6.67. The van der Waals surface area contributed by atoms with Crippen molar-refractivity contribution in [3.05, 3.63) is 52.3 Å². The normalized spacial score (nSPS) is 13.9. The Morgan fingerprint density at radius 2 is 2.00 bits per heavy atom. The molecule has 24 heavy (non-hydrogen) atoms. The largest absolute Gasteiger partial charge is 0.467 e. The molecule has 0 aliphatic carbocycles. The first-order valence-electron chi connectivity index (χ1n) is 7.80. The van der Waals surface area contributed by atoms with E-state index >= 15 is 0 Å². The fourth-order valence-electron chi connectivity index (χ4n) is 2.55. The minimum Gasteiger partial charge on any atom is -0.467 e. The van der Waals surface area contributed by atoms with Gasteiger partial charge in [0.2, 0.25) is 5.91 Å². The summed E-state index contributed by atoms with van der Waals surface area (Å²) in [6.07, 6.45) is 3.46. The van der Waals surface area contributed by atoms with Crippen LogP contribution in [-0.4, -0.2) is 39.6 Å². The lowest BCUT2D eigenvalue weighted by atomic mass is 10.3. The molecule has 0 aromatic carbocycles. The Bertz CT molecular complexity index is 776. The van der Waals surface area contributed by atoms with Crippen LogP contribution in [0.3, 0.4) is 0 Å². The molecule has 1 N–H and O–H groups in total. The predicted molar refractivity (Wildman–Crippen MR) is 84.2 cm³/mol. The number of carbonyl (C=O) groups excluding carboxylic acids is 2. The monoisotopic (exact) mass is 330 g/mol. The van der Waals surface area contributed by atoms with Gasteiger partial charge in [-0.15, -0.1) is 0 Å². The fourth-order valence-corrected chi connectivity index (χ4v) is 2.55. The molecule has 1 saturated heterocycles. The number of rotatable bonds is 5.